The molecule has 0 unspecified atom stereocenters. The molecule has 4 rings (SSSR count). The molecule has 1 aliphatic rings. The largest absolute Gasteiger partial charge is 0.334 e. The zero-order chi connectivity index (χ0) is 20.2. The number of anilines is 1. The molecule has 0 N–H and O–H groups in total. The third-order valence-electron chi connectivity index (χ3n) is 5.07. The summed E-state index contributed by atoms with van der Waals surface area (Å²) in [4.78, 5) is 17.6. The molecule has 0 saturated carbocycles. The number of benzene rings is 3. The average molecular weight is 403 g/mol. The molecule has 3 nitrogen and oxygen atoms in total. The van der Waals surface area contributed by atoms with Gasteiger partial charge in [0.2, 0.25) is 0 Å². The molecule has 3 aromatic rings. The van der Waals surface area contributed by atoms with Gasteiger partial charge in [0.05, 0.1) is 6.67 Å². The molecule has 0 amide bonds. The molecule has 1 heterocycles. The first-order chi connectivity index (χ1) is 14.1. The van der Waals surface area contributed by atoms with Gasteiger partial charge in [-0.15, -0.1) is 0 Å². The van der Waals surface area contributed by atoms with E-state index >= 15 is 0 Å². The maximum atomic E-state index is 13.2. The van der Waals surface area contributed by atoms with Gasteiger partial charge in [0.15, 0.2) is 5.78 Å². The zero-order valence-corrected chi connectivity index (χ0v) is 17.1. The number of rotatable bonds is 5. The van der Waals surface area contributed by atoms with Crippen LogP contribution in [-0.2, 0) is 6.54 Å². The molecule has 0 aliphatic carbocycles. The number of Topliss-reactive ketones (excluding diaryl/α,β-unsaturated/α-hetero) is 1. The number of hydrogen-bond donors (Lipinski definition) is 0. The lowest BCUT2D eigenvalue weighted by Crippen LogP contribution is -2.41. The Morgan fingerprint density at radius 3 is 2.31 bits per heavy atom. The lowest BCUT2D eigenvalue weighted by atomic mass is 10.0. The van der Waals surface area contributed by atoms with Gasteiger partial charge >= 0.3 is 0 Å². The predicted molar refractivity (Wildman–Crippen MR) is 119 cm³/mol. The van der Waals surface area contributed by atoms with Crippen LogP contribution in [-0.4, -0.2) is 23.9 Å². The number of halogens is 1. The number of hydrogen-bond acceptors (Lipinski definition) is 3. The predicted octanol–water partition coefficient (Wildman–Crippen LogP) is 5.69. The van der Waals surface area contributed by atoms with Crippen LogP contribution in [0.3, 0.4) is 0 Å². The minimum absolute atomic E-state index is 0.0385. The second-order valence-electron chi connectivity index (χ2n) is 7.41. The van der Waals surface area contributed by atoms with Crippen LogP contribution in [0.2, 0.25) is 5.02 Å². The summed E-state index contributed by atoms with van der Waals surface area (Å²) in [6.07, 6.45) is 1.99. The van der Waals surface area contributed by atoms with Gasteiger partial charge in [-0.1, -0.05) is 59.6 Å². The van der Waals surface area contributed by atoms with Gasteiger partial charge in [0, 0.05) is 41.1 Å². The fraction of sp³-hybridized carbons (Fsp3) is 0.160. The molecule has 0 fully saturated rings. The zero-order valence-electron chi connectivity index (χ0n) is 16.4. The number of carbonyl (C=O) groups is 1. The van der Waals surface area contributed by atoms with Crippen LogP contribution in [0.5, 0.6) is 0 Å². The smallest absolute Gasteiger partial charge is 0.191 e. The van der Waals surface area contributed by atoms with Crippen molar-refractivity contribution in [1.82, 2.24) is 4.90 Å². The standard InChI is InChI=1S/C25H23ClN2O/c1-19-7-13-24(14-8-19)28-17-22(25(29)21-9-11-23(26)12-10-21)16-27(18-28)15-20-5-3-2-4-6-20/h2-14,17H,15-16,18H2,1H3. The highest BCUT2D eigenvalue weighted by atomic mass is 35.5. The highest BCUT2D eigenvalue weighted by Crippen LogP contribution is 2.24. The van der Waals surface area contributed by atoms with Crippen molar-refractivity contribution >= 4 is 23.1 Å². The topological polar surface area (TPSA) is 23.6 Å². The van der Waals surface area contributed by atoms with Gasteiger partial charge < -0.3 is 4.90 Å². The molecule has 0 radical (unpaired) electrons. The van der Waals surface area contributed by atoms with Gasteiger partial charge in [0.25, 0.3) is 0 Å². The number of ketones is 1. The third kappa shape index (κ3) is 4.76. The molecule has 146 valence electrons. The minimum Gasteiger partial charge on any atom is -0.334 e. The highest BCUT2D eigenvalue weighted by molar-refractivity contribution is 6.30. The second-order valence-corrected chi connectivity index (χ2v) is 7.85. The summed E-state index contributed by atoms with van der Waals surface area (Å²) < 4.78 is 0. The average Bonchev–Trinajstić information content (AvgIpc) is 2.75. The lowest BCUT2D eigenvalue weighted by Gasteiger charge is -2.35. The summed E-state index contributed by atoms with van der Waals surface area (Å²) in [6.45, 7) is 4.20. The Labute approximate surface area is 176 Å². The Balaban J connectivity index is 1.64. The molecule has 0 bridgehead atoms. The molecule has 0 atom stereocenters. The van der Waals surface area contributed by atoms with Crippen molar-refractivity contribution in [1.29, 1.82) is 0 Å². The van der Waals surface area contributed by atoms with Gasteiger partial charge in [-0.3, -0.25) is 9.69 Å². The first-order valence-corrected chi connectivity index (χ1v) is 10.1. The van der Waals surface area contributed by atoms with E-state index in [1.165, 1.54) is 11.1 Å². The maximum absolute atomic E-state index is 13.2. The Bertz CT molecular complexity index is 1010. The Kier molecular flexibility index (Phi) is 5.79. The van der Waals surface area contributed by atoms with E-state index in [4.69, 9.17) is 11.6 Å². The fourth-order valence-electron chi connectivity index (χ4n) is 3.53. The van der Waals surface area contributed by atoms with E-state index < -0.39 is 0 Å². The van der Waals surface area contributed by atoms with Crippen molar-refractivity contribution in [2.75, 3.05) is 18.1 Å². The van der Waals surface area contributed by atoms with Crippen LogP contribution < -0.4 is 4.90 Å². The van der Waals surface area contributed by atoms with Crippen molar-refractivity contribution in [3.63, 3.8) is 0 Å². The monoisotopic (exact) mass is 402 g/mol. The van der Waals surface area contributed by atoms with Gasteiger partial charge in [-0.2, -0.15) is 0 Å². The van der Waals surface area contributed by atoms with Crippen molar-refractivity contribution in [2.24, 2.45) is 0 Å². The number of aryl methyl sites for hydroxylation is 1. The molecule has 1 aliphatic heterocycles. The summed E-state index contributed by atoms with van der Waals surface area (Å²) in [5.41, 5.74) is 4.96. The molecule has 0 saturated heterocycles. The first kappa shape index (κ1) is 19.4. The van der Waals surface area contributed by atoms with Crippen LogP contribution in [0.15, 0.2) is 90.6 Å². The molecule has 29 heavy (non-hydrogen) atoms. The van der Waals surface area contributed by atoms with Crippen LogP contribution in [0.1, 0.15) is 21.5 Å². The summed E-state index contributed by atoms with van der Waals surface area (Å²) >= 11 is 5.99. The van der Waals surface area contributed by atoms with E-state index in [0.29, 0.717) is 17.1 Å². The fourth-order valence-corrected chi connectivity index (χ4v) is 3.66. The number of nitrogens with zero attached hydrogens (tertiary/aromatic N) is 2. The van der Waals surface area contributed by atoms with Gasteiger partial charge in [-0.05, 0) is 48.9 Å². The SMILES string of the molecule is Cc1ccc(N2C=C(C(=O)c3ccc(Cl)cc3)CN(Cc3ccccc3)C2)cc1. The Morgan fingerprint density at radius 2 is 1.62 bits per heavy atom. The minimum atomic E-state index is 0.0385. The van der Waals surface area contributed by atoms with E-state index in [1.54, 1.807) is 24.3 Å². The van der Waals surface area contributed by atoms with Crippen LogP contribution in [0.4, 0.5) is 5.69 Å². The summed E-state index contributed by atoms with van der Waals surface area (Å²) in [5.74, 6) is 0.0385. The maximum Gasteiger partial charge on any atom is 0.191 e. The van der Waals surface area contributed by atoms with E-state index in [9.17, 15) is 4.79 Å². The molecule has 0 spiro atoms. The van der Waals surface area contributed by atoms with E-state index in [2.05, 4.69) is 53.1 Å². The van der Waals surface area contributed by atoms with E-state index in [0.717, 1.165) is 24.5 Å². The third-order valence-corrected chi connectivity index (χ3v) is 5.32. The second kappa shape index (κ2) is 8.64. The quantitative estimate of drug-likeness (QED) is 0.512. The van der Waals surface area contributed by atoms with Gasteiger partial charge in [-0.25, -0.2) is 0 Å². The van der Waals surface area contributed by atoms with E-state index in [-0.39, 0.29) is 5.78 Å². The van der Waals surface area contributed by atoms with Crippen molar-refractivity contribution in [3.05, 3.63) is 112 Å². The molecular formula is C25H23ClN2O. The van der Waals surface area contributed by atoms with Gasteiger partial charge in [0.1, 0.15) is 0 Å². The van der Waals surface area contributed by atoms with Crippen LogP contribution in [0, 0.1) is 6.92 Å². The van der Waals surface area contributed by atoms with Crippen LogP contribution in [0.25, 0.3) is 0 Å². The summed E-state index contributed by atoms with van der Waals surface area (Å²) in [7, 11) is 0. The molecule has 3 aromatic carbocycles. The van der Waals surface area contributed by atoms with Crippen molar-refractivity contribution in [2.45, 2.75) is 13.5 Å². The van der Waals surface area contributed by atoms with Crippen molar-refractivity contribution < 1.29 is 4.79 Å². The van der Waals surface area contributed by atoms with E-state index in [1.807, 2.05) is 24.4 Å². The van der Waals surface area contributed by atoms with Crippen LogP contribution >= 0.6 is 11.6 Å². The molecule has 4 heteroatoms. The van der Waals surface area contributed by atoms with Crippen molar-refractivity contribution in [3.8, 4) is 0 Å². The summed E-state index contributed by atoms with van der Waals surface area (Å²) in [6, 6.07) is 25.9. The number of carbonyl (C=O) groups excluding carboxylic acids is 1. The molecular weight excluding hydrogens is 380 g/mol. The lowest BCUT2D eigenvalue weighted by molar-refractivity contribution is 0.101. The summed E-state index contributed by atoms with van der Waals surface area (Å²) in [5, 5.41) is 0.631. The Morgan fingerprint density at radius 1 is 0.931 bits per heavy atom. The normalized spacial score (nSPS) is 14.6. The highest BCUT2D eigenvalue weighted by Gasteiger charge is 2.24. The Hall–Kier alpha value is -2.88. The molecule has 0 aromatic heterocycles. The first-order valence-electron chi connectivity index (χ1n) is 9.69.